The van der Waals surface area contributed by atoms with E-state index in [1.807, 2.05) is 44.3 Å². The molecule has 0 fully saturated rings. The fourth-order valence-corrected chi connectivity index (χ4v) is 2.09. The molecule has 2 aromatic heterocycles. The minimum absolute atomic E-state index is 0.0255. The first kappa shape index (κ1) is 11.6. The van der Waals surface area contributed by atoms with E-state index in [9.17, 15) is 4.79 Å². The minimum Gasteiger partial charge on any atom is -0.331 e. The Morgan fingerprint density at radius 1 is 1.21 bits per heavy atom. The molecule has 0 N–H and O–H groups in total. The van der Waals surface area contributed by atoms with Gasteiger partial charge in [-0.3, -0.25) is 9.78 Å². The first-order chi connectivity index (χ1) is 9.15. The second kappa shape index (κ2) is 4.31. The second-order valence-corrected chi connectivity index (χ2v) is 4.58. The third kappa shape index (κ3) is 2.01. The smallest absolute Gasteiger partial charge is 0.211 e. The van der Waals surface area contributed by atoms with Crippen LogP contribution in [0.25, 0.3) is 10.9 Å². The Balaban J connectivity index is 2.09. The van der Waals surface area contributed by atoms with Crippen LogP contribution in [0.1, 0.15) is 21.7 Å². The lowest BCUT2D eigenvalue weighted by molar-refractivity contribution is 0.103. The van der Waals surface area contributed by atoms with Gasteiger partial charge in [0.15, 0.2) is 0 Å². The van der Waals surface area contributed by atoms with E-state index in [4.69, 9.17) is 0 Å². The van der Waals surface area contributed by atoms with Gasteiger partial charge in [0, 0.05) is 23.7 Å². The van der Waals surface area contributed by atoms with Gasteiger partial charge in [0.25, 0.3) is 0 Å². The van der Waals surface area contributed by atoms with Crippen LogP contribution >= 0.6 is 0 Å². The first-order valence-corrected chi connectivity index (χ1v) is 6.03. The number of benzene rings is 1. The maximum Gasteiger partial charge on any atom is 0.211 e. The Hall–Kier alpha value is -2.49. The summed E-state index contributed by atoms with van der Waals surface area (Å²) < 4.78 is 1.72. The van der Waals surface area contributed by atoms with Crippen LogP contribution in [-0.2, 0) is 7.05 Å². The van der Waals surface area contributed by atoms with E-state index in [-0.39, 0.29) is 5.78 Å². The lowest BCUT2D eigenvalue weighted by Crippen LogP contribution is -2.06. The number of aromatic nitrogens is 3. The molecule has 0 aliphatic carbocycles. The summed E-state index contributed by atoms with van der Waals surface area (Å²) in [6.07, 6.45) is 3.21. The molecule has 2 heterocycles. The number of hydrogen-bond donors (Lipinski definition) is 0. The molecule has 3 rings (SSSR count). The highest BCUT2D eigenvalue weighted by atomic mass is 16.1. The summed E-state index contributed by atoms with van der Waals surface area (Å²) in [7, 11) is 1.81. The molecule has 0 aliphatic heterocycles. The largest absolute Gasteiger partial charge is 0.331 e. The highest BCUT2D eigenvalue weighted by molar-refractivity contribution is 6.09. The van der Waals surface area contributed by atoms with Crippen molar-refractivity contribution >= 4 is 16.7 Å². The Morgan fingerprint density at radius 2 is 2.05 bits per heavy atom. The summed E-state index contributed by atoms with van der Waals surface area (Å²) in [5, 5.41) is 0.971. The summed E-state index contributed by atoms with van der Waals surface area (Å²) in [6.45, 7) is 1.95. The molecule has 3 aromatic rings. The van der Waals surface area contributed by atoms with Gasteiger partial charge in [0.2, 0.25) is 5.78 Å². The van der Waals surface area contributed by atoms with Gasteiger partial charge in [0.1, 0.15) is 5.69 Å². The zero-order valence-electron chi connectivity index (χ0n) is 10.8. The average molecular weight is 251 g/mol. The minimum atomic E-state index is -0.0255. The predicted molar refractivity (Wildman–Crippen MR) is 73.1 cm³/mol. The molecule has 0 saturated carbocycles. The van der Waals surface area contributed by atoms with E-state index in [1.165, 1.54) is 0 Å². The molecule has 0 radical (unpaired) electrons. The number of hydrogen-bond acceptors (Lipinski definition) is 3. The fraction of sp³-hybridized carbons (Fsp3) is 0.133. The highest BCUT2D eigenvalue weighted by Crippen LogP contribution is 2.17. The summed E-state index contributed by atoms with van der Waals surface area (Å²) >= 11 is 0. The number of fused-ring (bicyclic) bond motifs is 1. The van der Waals surface area contributed by atoms with E-state index in [2.05, 4.69) is 9.97 Å². The van der Waals surface area contributed by atoms with Gasteiger partial charge >= 0.3 is 0 Å². The lowest BCUT2D eigenvalue weighted by Gasteiger charge is -2.04. The molecule has 4 heteroatoms. The molecule has 1 aromatic carbocycles. The Labute approximate surface area is 110 Å². The van der Waals surface area contributed by atoms with Crippen molar-refractivity contribution in [2.75, 3.05) is 0 Å². The van der Waals surface area contributed by atoms with Gasteiger partial charge in [-0.2, -0.15) is 0 Å². The fourth-order valence-electron chi connectivity index (χ4n) is 2.09. The average Bonchev–Trinajstić information content (AvgIpc) is 2.83. The molecule has 0 atom stereocenters. The van der Waals surface area contributed by atoms with Crippen LogP contribution in [-0.4, -0.2) is 20.3 Å². The third-order valence-corrected chi connectivity index (χ3v) is 3.14. The first-order valence-electron chi connectivity index (χ1n) is 6.03. The molecule has 0 bridgehead atoms. The number of nitrogens with zero attached hydrogens (tertiary/aromatic N) is 3. The van der Waals surface area contributed by atoms with Gasteiger partial charge in [0.05, 0.1) is 18.0 Å². The zero-order valence-corrected chi connectivity index (χ0v) is 10.8. The maximum absolute atomic E-state index is 12.4. The molecule has 0 saturated heterocycles. The van der Waals surface area contributed by atoms with Crippen molar-refractivity contribution in [1.82, 2.24) is 14.5 Å². The van der Waals surface area contributed by atoms with Crippen molar-refractivity contribution in [2.24, 2.45) is 7.05 Å². The van der Waals surface area contributed by atoms with Gasteiger partial charge in [-0.1, -0.05) is 6.07 Å². The number of rotatable bonds is 2. The molecule has 0 unspecified atom stereocenters. The normalized spacial score (nSPS) is 10.8. The van der Waals surface area contributed by atoms with Crippen molar-refractivity contribution in [1.29, 1.82) is 0 Å². The second-order valence-electron chi connectivity index (χ2n) is 4.58. The topological polar surface area (TPSA) is 47.8 Å². The quantitative estimate of drug-likeness (QED) is 0.657. The number of imidazole rings is 1. The maximum atomic E-state index is 12.4. The van der Waals surface area contributed by atoms with Crippen LogP contribution in [0.15, 0.2) is 42.9 Å². The van der Waals surface area contributed by atoms with Crippen LogP contribution in [0.5, 0.6) is 0 Å². The standard InChI is InChI=1S/C15H13N3O/c1-10-3-4-11-7-12(5-6-13(11)17-10)15(19)14-8-16-9-18(14)2/h3-9H,1-2H3. The van der Waals surface area contributed by atoms with Crippen molar-refractivity contribution in [3.8, 4) is 0 Å². The van der Waals surface area contributed by atoms with Gasteiger partial charge in [-0.15, -0.1) is 0 Å². The summed E-state index contributed by atoms with van der Waals surface area (Å²) in [6, 6.07) is 9.49. The number of carbonyl (C=O) groups excluding carboxylic acids is 1. The van der Waals surface area contributed by atoms with Crippen LogP contribution in [0.4, 0.5) is 0 Å². The molecular formula is C15H13N3O. The van der Waals surface area contributed by atoms with Crippen molar-refractivity contribution < 1.29 is 4.79 Å². The van der Waals surface area contributed by atoms with E-state index < -0.39 is 0 Å². The number of carbonyl (C=O) groups is 1. The molecule has 0 aliphatic rings. The van der Waals surface area contributed by atoms with Crippen LogP contribution in [0.3, 0.4) is 0 Å². The lowest BCUT2D eigenvalue weighted by atomic mass is 10.1. The van der Waals surface area contributed by atoms with Crippen LogP contribution < -0.4 is 0 Å². The van der Waals surface area contributed by atoms with Gasteiger partial charge in [-0.05, 0) is 31.2 Å². The zero-order chi connectivity index (χ0) is 13.4. The van der Waals surface area contributed by atoms with E-state index >= 15 is 0 Å². The van der Waals surface area contributed by atoms with E-state index in [0.29, 0.717) is 11.3 Å². The summed E-state index contributed by atoms with van der Waals surface area (Å²) in [5.41, 5.74) is 3.11. The van der Waals surface area contributed by atoms with Gasteiger partial charge < -0.3 is 4.57 Å². The molecule has 19 heavy (non-hydrogen) atoms. The van der Waals surface area contributed by atoms with Crippen molar-refractivity contribution in [3.63, 3.8) is 0 Å². The van der Waals surface area contributed by atoms with Gasteiger partial charge in [-0.25, -0.2) is 4.98 Å². The number of pyridine rings is 1. The molecule has 4 nitrogen and oxygen atoms in total. The molecule has 0 amide bonds. The monoisotopic (exact) mass is 251 g/mol. The number of ketones is 1. The summed E-state index contributed by atoms with van der Waals surface area (Å²) in [5.74, 6) is -0.0255. The Morgan fingerprint density at radius 3 is 2.79 bits per heavy atom. The third-order valence-electron chi connectivity index (χ3n) is 3.14. The SMILES string of the molecule is Cc1ccc2cc(C(=O)c3cncn3C)ccc2n1. The highest BCUT2D eigenvalue weighted by Gasteiger charge is 2.13. The van der Waals surface area contributed by atoms with Crippen molar-refractivity contribution in [2.45, 2.75) is 6.92 Å². The Kier molecular flexibility index (Phi) is 2.63. The Bertz CT molecular complexity index is 774. The van der Waals surface area contributed by atoms with Crippen LogP contribution in [0.2, 0.25) is 0 Å². The summed E-state index contributed by atoms with van der Waals surface area (Å²) in [4.78, 5) is 20.8. The molecule has 94 valence electrons. The molecule has 0 spiro atoms. The number of aryl methyl sites for hydroxylation is 2. The molecular weight excluding hydrogens is 238 g/mol. The predicted octanol–water partition coefficient (Wildman–Crippen LogP) is 2.51. The van der Waals surface area contributed by atoms with Crippen molar-refractivity contribution in [3.05, 3.63) is 59.8 Å². The van der Waals surface area contributed by atoms with E-state index in [0.717, 1.165) is 16.6 Å². The van der Waals surface area contributed by atoms with Crippen LogP contribution in [0, 0.1) is 6.92 Å². The van der Waals surface area contributed by atoms with E-state index in [1.54, 1.807) is 17.1 Å².